The van der Waals surface area contributed by atoms with Crippen LogP contribution in [0, 0.1) is 5.92 Å². The quantitative estimate of drug-likeness (QED) is 0.818. The highest BCUT2D eigenvalue weighted by molar-refractivity contribution is 6.22. The third-order valence-electron chi connectivity index (χ3n) is 4.01. The van der Waals surface area contributed by atoms with Gasteiger partial charge in [-0.2, -0.15) is 0 Å². The zero-order chi connectivity index (χ0) is 15.9. The first-order valence-corrected chi connectivity index (χ1v) is 6.49. The van der Waals surface area contributed by atoms with Crippen molar-refractivity contribution in [1.29, 1.82) is 0 Å². The van der Waals surface area contributed by atoms with Crippen molar-refractivity contribution < 1.29 is 19.1 Å². The zero-order valence-electron chi connectivity index (χ0n) is 12.3. The summed E-state index contributed by atoms with van der Waals surface area (Å²) < 4.78 is 4.95. The lowest BCUT2D eigenvalue weighted by Gasteiger charge is -2.37. The van der Waals surface area contributed by atoms with Gasteiger partial charge in [0, 0.05) is 6.07 Å². The van der Waals surface area contributed by atoms with Crippen LogP contribution in [0.1, 0.15) is 41.6 Å². The SMILES string of the molecule is COc1ccc2c(n1)C(=O)N(C(C)(C(N)=O)C(C)C)C2=O. The van der Waals surface area contributed by atoms with Gasteiger partial charge in [0.25, 0.3) is 11.8 Å². The Morgan fingerprint density at radius 3 is 2.43 bits per heavy atom. The van der Waals surface area contributed by atoms with Gasteiger partial charge < -0.3 is 10.5 Å². The molecule has 7 heteroatoms. The standard InChI is InChI=1S/C14H17N3O4/c1-7(2)14(3,13(15)20)17-11(18)8-5-6-9(21-4)16-10(8)12(17)19/h5-7H,1-4H3,(H2,15,20). The number of ether oxygens (including phenoxy) is 1. The first kappa shape index (κ1) is 15.0. The third-order valence-corrected chi connectivity index (χ3v) is 4.01. The summed E-state index contributed by atoms with van der Waals surface area (Å²) in [7, 11) is 1.41. The van der Waals surface area contributed by atoms with Crippen LogP contribution in [0.25, 0.3) is 0 Å². The first-order valence-electron chi connectivity index (χ1n) is 6.49. The Morgan fingerprint density at radius 1 is 1.33 bits per heavy atom. The normalized spacial score (nSPS) is 16.9. The summed E-state index contributed by atoms with van der Waals surface area (Å²) in [5, 5.41) is 0. The average molecular weight is 291 g/mol. The van der Waals surface area contributed by atoms with E-state index in [9.17, 15) is 14.4 Å². The number of hydrogen-bond donors (Lipinski definition) is 1. The minimum atomic E-state index is -1.41. The maximum absolute atomic E-state index is 12.5. The van der Waals surface area contributed by atoms with Crippen LogP contribution in [0.4, 0.5) is 0 Å². The highest BCUT2D eigenvalue weighted by Crippen LogP contribution is 2.33. The van der Waals surface area contributed by atoms with Crippen LogP contribution in [0.15, 0.2) is 12.1 Å². The molecule has 0 saturated heterocycles. The Hall–Kier alpha value is -2.44. The molecule has 1 aliphatic heterocycles. The molecule has 0 spiro atoms. The summed E-state index contributed by atoms with van der Waals surface area (Å²) in [5.41, 5.74) is 4.15. The fourth-order valence-corrected chi connectivity index (χ4v) is 2.28. The second kappa shape index (κ2) is 4.83. The number of carbonyl (C=O) groups is 3. The summed E-state index contributed by atoms with van der Waals surface area (Å²) in [6, 6.07) is 2.95. The topological polar surface area (TPSA) is 103 Å². The second-order valence-electron chi connectivity index (χ2n) is 5.36. The fraction of sp³-hybridized carbons (Fsp3) is 0.429. The Labute approximate surface area is 122 Å². The molecule has 2 rings (SSSR count). The molecule has 3 amide bonds. The van der Waals surface area contributed by atoms with Crippen molar-refractivity contribution in [3.63, 3.8) is 0 Å². The number of methoxy groups -OCH3 is 1. The van der Waals surface area contributed by atoms with Gasteiger partial charge in [0.1, 0.15) is 11.2 Å². The largest absolute Gasteiger partial charge is 0.481 e. The number of nitrogens with zero attached hydrogens (tertiary/aromatic N) is 2. The van der Waals surface area contributed by atoms with E-state index in [0.717, 1.165) is 4.90 Å². The number of rotatable bonds is 4. The number of pyridine rings is 1. The molecule has 0 radical (unpaired) electrons. The van der Waals surface area contributed by atoms with E-state index in [4.69, 9.17) is 10.5 Å². The number of primary amides is 1. The van der Waals surface area contributed by atoms with Crippen molar-refractivity contribution in [2.24, 2.45) is 11.7 Å². The molecule has 0 bridgehead atoms. The van der Waals surface area contributed by atoms with Gasteiger partial charge in [-0.25, -0.2) is 4.98 Å². The minimum absolute atomic E-state index is 0.0209. The first-order chi connectivity index (χ1) is 9.75. The van der Waals surface area contributed by atoms with Gasteiger partial charge in [0.15, 0.2) is 0 Å². The Kier molecular flexibility index (Phi) is 3.44. The minimum Gasteiger partial charge on any atom is -0.481 e. The monoisotopic (exact) mass is 291 g/mol. The molecule has 7 nitrogen and oxygen atoms in total. The molecular weight excluding hydrogens is 274 g/mol. The highest BCUT2D eigenvalue weighted by atomic mass is 16.5. The summed E-state index contributed by atoms with van der Waals surface area (Å²) >= 11 is 0. The third kappa shape index (κ3) is 1.96. The Bertz CT molecular complexity index is 641. The van der Waals surface area contributed by atoms with E-state index in [2.05, 4.69) is 4.98 Å². The van der Waals surface area contributed by atoms with Gasteiger partial charge in [0.2, 0.25) is 11.8 Å². The van der Waals surface area contributed by atoms with Crippen molar-refractivity contribution in [2.75, 3.05) is 7.11 Å². The molecule has 0 saturated carbocycles. The van der Waals surface area contributed by atoms with Crippen molar-refractivity contribution in [3.05, 3.63) is 23.4 Å². The van der Waals surface area contributed by atoms with Crippen LogP contribution >= 0.6 is 0 Å². The second-order valence-corrected chi connectivity index (χ2v) is 5.36. The van der Waals surface area contributed by atoms with Gasteiger partial charge in [0.05, 0.1) is 12.7 Å². The Balaban J connectivity index is 2.58. The number of imide groups is 1. The molecular formula is C14H17N3O4. The van der Waals surface area contributed by atoms with E-state index in [1.807, 2.05) is 0 Å². The molecule has 0 aromatic carbocycles. The molecule has 1 unspecified atom stereocenters. The van der Waals surface area contributed by atoms with E-state index in [1.165, 1.54) is 26.2 Å². The molecule has 21 heavy (non-hydrogen) atoms. The lowest BCUT2D eigenvalue weighted by atomic mass is 9.86. The van der Waals surface area contributed by atoms with E-state index in [-0.39, 0.29) is 23.1 Å². The van der Waals surface area contributed by atoms with Gasteiger partial charge in [-0.05, 0) is 18.9 Å². The predicted octanol–water partition coefficient (Wildman–Crippen LogP) is 0.586. The van der Waals surface area contributed by atoms with Crippen LogP contribution in [-0.2, 0) is 4.79 Å². The maximum atomic E-state index is 12.5. The molecule has 1 aliphatic rings. The summed E-state index contributed by atoms with van der Waals surface area (Å²) in [6.07, 6.45) is 0. The molecule has 0 aliphatic carbocycles. The lowest BCUT2D eigenvalue weighted by Crippen LogP contribution is -2.60. The Morgan fingerprint density at radius 2 is 1.95 bits per heavy atom. The molecule has 1 atom stereocenters. The van der Waals surface area contributed by atoms with Crippen molar-refractivity contribution in [3.8, 4) is 5.88 Å². The van der Waals surface area contributed by atoms with Crippen molar-refractivity contribution in [2.45, 2.75) is 26.3 Å². The van der Waals surface area contributed by atoms with Crippen molar-refractivity contribution in [1.82, 2.24) is 9.88 Å². The lowest BCUT2D eigenvalue weighted by molar-refractivity contribution is -0.129. The van der Waals surface area contributed by atoms with Crippen molar-refractivity contribution >= 4 is 17.7 Å². The fourth-order valence-electron chi connectivity index (χ4n) is 2.28. The molecule has 112 valence electrons. The number of carbonyl (C=O) groups excluding carboxylic acids is 3. The van der Waals surface area contributed by atoms with Gasteiger partial charge in [-0.3, -0.25) is 19.3 Å². The van der Waals surface area contributed by atoms with Crippen LogP contribution in [0.5, 0.6) is 5.88 Å². The van der Waals surface area contributed by atoms with Gasteiger partial charge >= 0.3 is 0 Å². The maximum Gasteiger partial charge on any atom is 0.281 e. The number of fused-ring (bicyclic) bond motifs is 1. The zero-order valence-corrected chi connectivity index (χ0v) is 12.3. The van der Waals surface area contributed by atoms with Gasteiger partial charge in [-0.1, -0.05) is 13.8 Å². The van der Waals surface area contributed by atoms with E-state index < -0.39 is 23.3 Å². The van der Waals surface area contributed by atoms with Gasteiger partial charge in [-0.15, -0.1) is 0 Å². The molecule has 2 N–H and O–H groups in total. The highest BCUT2D eigenvalue weighted by Gasteiger charge is 2.52. The van der Waals surface area contributed by atoms with Crippen LogP contribution in [0.3, 0.4) is 0 Å². The average Bonchev–Trinajstić information content (AvgIpc) is 2.69. The molecule has 1 aromatic rings. The van der Waals surface area contributed by atoms with E-state index in [1.54, 1.807) is 13.8 Å². The van der Waals surface area contributed by atoms with E-state index >= 15 is 0 Å². The number of nitrogens with two attached hydrogens (primary N) is 1. The summed E-state index contributed by atoms with van der Waals surface area (Å²) in [6.45, 7) is 4.93. The number of hydrogen-bond acceptors (Lipinski definition) is 5. The molecule has 1 aromatic heterocycles. The van der Waals surface area contributed by atoms with E-state index in [0.29, 0.717) is 0 Å². The van der Waals surface area contributed by atoms with Crippen LogP contribution in [0.2, 0.25) is 0 Å². The van der Waals surface area contributed by atoms with Crippen LogP contribution in [-0.4, -0.2) is 40.3 Å². The number of amides is 3. The molecule has 2 heterocycles. The summed E-state index contributed by atoms with van der Waals surface area (Å²) in [5.74, 6) is -2.05. The predicted molar refractivity (Wildman–Crippen MR) is 73.7 cm³/mol. The van der Waals surface area contributed by atoms with Crippen LogP contribution < -0.4 is 10.5 Å². The number of aromatic nitrogens is 1. The molecule has 0 fully saturated rings. The smallest absolute Gasteiger partial charge is 0.281 e. The summed E-state index contributed by atoms with van der Waals surface area (Å²) in [4.78, 5) is 41.7.